The largest absolute Gasteiger partial charge is 0.481 e. The van der Waals surface area contributed by atoms with Crippen molar-refractivity contribution >= 4 is 11.9 Å². The molecule has 0 saturated carbocycles. The van der Waals surface area contributed by atoms with Crippen LogP contribution in [0.2, 0.25) is 0 Å². The van der Waals surface area contributed by atoms with Crippen LogP contribution in [0, 0.1) is 16.0 Å². The van der Waals surface area contributed by atoms with Gasteiger partial charge in [-0.15, -0.1) is 0 Å². The topological polar surface area (TPSA) is 127 Å². The number of nitro groups is 1. The molecule has 0 heterocycles. The summed E-state index contributed by atoms with van der Waals surface area (Å²) in [5, 5.41) is 27.6. The van der Waals surface area contributed by atoms with Gasteiger partial charge in [0, 0.05) is 11.3 Å². The zero-order valence-electron chi connectivity index (χ0n) is 9.37. The number of aliphatic carboxylic acids is 2. The summed E-state index contributed by atoms with van der Waals surface area (Å²) in [6.07, 6.45) is -0.297. The fourth-order valence-corrected chi connectivity index (χ4v) is 1.10. The molecule has 0 aromatic carbocycles. The normalized spacial score (nSPS) is 13.9. The SMILES string of the molecule is CCC(COCC(CC(=O)O)C(=O)O)[N+](=O)[O-]. The molecule has 0 saturated heterocycles. The van der Waals surface area contributed by atoms with Gasteiger partial charge in [-0.1, -0.05) is 6.92 Å². The summed E-state index contributed by atoms with van der Waals surface area (Å²) in [6.45, 7) is 1.06. The number of carbonyl (C=O) groups is 2. The maximum Gasteiger partial charge on any atom is 0.309 e. The summed E-state index contributed by atoms with van der Waals surface area (Å²) < 4.78 is 4.89. The molecule has 0 bridgehead atoms. The van der Waals surface area contributed by atoms with Gasteiger partial charge in [-0.2, -0.15) is 0 Å². The van der Waals surface area contributed by atoms with Crippen LogP contribution in [-0.2, 0) is 14.3 Å². The monoisotopic (exact) mass is 249 g/mol. The summed E-state index contributed by atoms with van der Waals surface area (Å²) >= 11 is 0. The van der Waals surface area contributed by atoms with E-state index in [-0.39, 0.29) is 19.6 Å². The molecule has 0 fully saturated rings. The number of carboxylic acids is 2. The highest BCUT2D eigenvalue weighted by Gasteiger charge is 2.23. The quantitative estimate of drug-likeness (QED) is 0.442. The highest BCUT2D eigenvalue weighted by Crippen LogP contribution is 2.06. The fourth-order valence-electron chi connectivity index (χ4n) is 1.10. The van der Waals surface area contributed by atoms with Crippen molar-refractivity contribution < 1.29 is 29.5 Å². The number of ether oxygens (including phenoxy) is 1. The molecule has 0 aliphatic rings. The van der Waals surface area contributed by atoms with Crippen molar-refractivity contribution in [3.8, 4) is 0 Å². The van der Waals surface area contributed by atoms with Gasteiger partial charge in [0.2, 0.25) is 6.04 Å². The van der Waals surface area contributed by atoms with Gasteiger partial charge in [-0.3, -0.25) is 19.7 Å². The Balaban J connectivity index is 4.09. The molecule has 0 spiro atoms. The molecule has 2 unspecified atom stereocenters. The molecule has 0 aliphatic heterocycles. The lowest BCUT2D eigenvalue weighted by Gasteiger charge is -2.12. The Morgan fingerprint density at radius 3 is 2.29 bits per heavy atom. The fraction of sp³-hybridized carbons (Fsp3) is 0.778. The van der Waals surface area contributed by atoms with Gasteiger partial charge >= 0.3 is 11.9 Å². The molecular weight excluding hydrogens is 234 g/mol. The Morgan fingerprint density at radius 1 is 1.35 bits per heavy atom. The van der Waals surface area contributed by atoms with E-state index >= 15 is 0 Å². The van der Waals surface area contributed by atoms with Gasteiger partial charge in [0.25, 0.3) is 0 Å². The van der Waals surface area contributed by atoms with E-state index in [9.17, 15) is 19.7 Å². The molecule has 98 valence electrons. The predicted molar refractivity (Wildman–Crippen MR) is 55.3 cm³/mol. The first-order valence-corrected chi connectivity index (χ1v) is 5.04. The summed E-state index contributed by atoms with van der Waals surface area (Å²) in [5.41, 5.74) is 0. The Kier molecular flexibility index (Phi) is 6.80. The van der Waals surface area contributed by atoms with Gasteiger partial charge in [0.15, 0.2) is 0 Å². The molecular formula is C9H15NO7. The maximum atomic E-state index is 10.6. The van der Waals surface area contributed by atoms with Crippen LogP contribution in [0.4, 0.5) is 0 Å². The third-order valence-electron chi connectivity index (χ3n) is 2.17. The van der Waals surface area contributed by atoms with Crippen molar-refractivity contribution in [3.05, 3.63) is 10.1 Å². The third kappa shape index (κ3) is 6.46. The molecule has 0 aromatic rings. The van der Waals surface area contributed by atoms with E-state index in [0.29, 0.717) is 0 Å². The first kappa shape index (κ1) is 15.3. The Morgan fingerprint density at radius 2 is 1.94 bits per heavy atom. The number of hydrogen-bond acceptors (Lipinski definition) is 5. The Bertz CT molecular complexity index is 291. The lowest BCUT2D eigenvalue weighted by Crippen LogP contribution is -2.28. The third-order valence-corrected chi connectivity index (χ3v) is 2.17. The minimum atomic E-state index is -1.29. The highest BCUT2D eigenvalue weighted by molar-refractivity contribution is 5.77. The minimum absolute atomic E-state index is 0.215. The van der Waals surface area contributed by atoms with Gasteiger partial charge in [0.1, 0.15) is 6.61 Å². The maximum absolute atomic E-state index is 10.6. The molecule has 0 rings (SSSR count). The van der Waals surface area contributed by atoms with Crippen molar-refractivity contribution in [2.45, 2.75) is 25.8 Å². The predicted octanol–water partition coefficient (Wildman–Crippen LogP) is 0.234. The summed E-state index contributed by atoms with van der Waals surface area (Å²) in [4.78, 5) is 30.9. The van der Waals surface area contributed by atoms with Crippen LogP contribution in [0.15, 0.2) is 0 Å². The average Bonchev–Trinajstić information content (AvgIpc) is 2.21. The van der Waals surface area contributed by atoms with Crippen LogP contribution in [0.25, 0.3) is 0 Å². The van der Waals surface area contributed by atoms with Crippen LogP contribution in [0.3, 0.4) is 0 Å². The van der Waals surface area contributed by atoms with Gasteiger partial charge in [-0.05, 0) is 0 Å². The van der Waals surface area contributed by atoms with E-state index in [1.165, 1.54) is 0 Å². The van der Waals surface area contributed by atoms with E-state index in [4.69, 9.17) is 14.9 Å². The second-order valence-electron chi connectivity index (χ2n) is 3.52. The number of hydrogen-bond donors (Lipinski definition) is 2. The van der Waals surface area contributed by atoms with Crippen LogP contribution < -0.4 is 0 Å². The van der Waals surface area contributed by atoms with Crippen LogP contribution in [0.5, 0.6) is 0 Å². The van der Waals surface area contributed by atoms with Gasteiger partial charge < -0.3 is 14.9 Å². The Labute approximate surface area is 97.3 Å². The van der Waals surface area contributed by atoms with Gasteiger partial charge in [-0.25, -0.2) is 0 Å². The molecule has 8 nitrogen and oxygen atoms in total. The van der Waals surface area contributed by atoms with Gasteiger partial charge in [0.05, 0.1) is 18.9 Å². The van der Waals surface area contributed by atoms with Crippen molar-refractivity contribution in [2.75, 3.05) is 13.2 Å². The molecule has 0 amide bonds. The smallest absolute Gasteiger partial charge is 0.309 e. The highest BCUT2D eigenvalue weighted by atomic mass is 16.6. The average molecular weight is 249 g/mol. The first-order valence-electron chi connectivity index (χ1n) is 5.04. The lowest BCUT2D eigenvalue weighted by molar-refractivity contribution is -0.527. The van der Waals surface area contributed by atoms with Crippen LogP contribution >= 0.6 is 0 Å². The van der Waals surface area contributed by atoms with Crippen LogP contribution in [0.1, 0.15) is 19.8 Å². The first-order chi connectivity index (χ1) is 7.88. The second-order valence-corrected chi connectivity index (χ2v) is 3.52. The van der Waals surface area contributed by atoms with Crippen molar-refractivity contribution in [2.24, 2.45) is 5.92 Å². The number of nitrogens with zero attached hydrogens (tertiary/aromatic N) is 1. The standard InChI is InChI=1S/C9H15NO7/c1-2-7(10(15)16)5-17-4-6(9(13)14)3-8(11)12/h6-7H,2-5H2,1H3,(H,11,12)(H,13,14). The second kappa shape index (κ2) is 7.55. The molecule has 8 heteroatoms. The summed E-state index contributed by atoms with van der Waals surface area (Å²) in [7, 11) is 0. The van der Waals surface area contributed by atoms with Crippen molar-refractivity contribution in [1.29, 1.82) is 0 Å². The number of rotatable bonds is 9. The minimum Gasteiger partial charge on any atom is -0.481 e. The van der Waals surface area contributed by atoms with Crippen molar-refractivity contribution in [1.82, 2.24) is 0 Å². The number of carboxylic acid groups (broad SMARTS) is 2. The van der Waals surface area contributed by atoms with E-state index < -0.39 is 35.2 Å². The van der Waals surface area contributed by atoms with Crippen LogP contribution in [-0.4, -0.2) is 46.3 Å². The molecule has 2 atom stereocenters. The van der Waals surface area contributed by atoms with E-state index in [1.54, 1.807) is 6.92 Å². The van der Waals surface area contributed by atoms with E-state index in [1.807, 2.05) is 0 Å². The Hall–Kier alpha value is -1.70. The zero-order chi connectivity index (χ0) is 13.4. The summed E-state index contributed by atoms with van der Waals surface area (Å²) in [5.74, 6) is -3.72. The van der Waals surface area contributed by atoms with E-state index in [2.05, 4.69) is 0 Å². The molecule has 0 radical (unpaired) electrons. The molecule has 0 aliphatic carbocycles. The molecule has 0 aromatic heterocycles. The van der Waals surface area contributed by atoms with Crippen molar-refractivity contribution in [3.63, 3.8) is 0 Å². The lowest BCUT2D eigenvalue weighted by atomic mass is 10.1. The summed E-state index contributed by atoms with van der Waals surface area (Å²) in [6, 6.07) is -0.894. The molecule has 17 heavy (non-hydrogen) atoms. The zero-order valence-corrected chi connectivity index (χ0v) is 9.37. The molecule has 2 N–H and O–H groups in total. The van der Waals surface area contributed by atoms with E-state index in [0.717, 1.165) is 0 Å².